The molecular weight excluding hydrogens is 1540 g/mol. The standard InChI is InChI=1S/2C31H21N.C18H12BrN.C15H13Br.C13H11BO2/c2*1-2-9-25(10-3-1)32-30-13-7-6-12-27(30)28-17-16-22(20-31(28)32)21-14-15-24-18-23-8-4-5-11-26(23)29(24)19-21;19-13-10-11-16-15-8-4-5-9-17(15)20(18(16)12-13)14-6-2-1-3-7-14;1-15(2)13-6-4-3-5-11(13)12-8-7-10(16)9-14(12)15;15-14(16)11-6-5-10-7-9-3-1-2-4-12(9)13(10)8-11/h2*1-17,19-20H,18H2;1-12H;3-9H,1-2H3;1-6,8,15-16H,7H2. The van der Waals surface area contributed by atoms with Crippen LogP contribution < -0.4 is 5.46 Å². The van der Waals surface area contributed by atoms with Crippen LogP contribution in [0.15, 0.2) is 397 Å². The van der Waals surface area contributed by atoms with E-state index in [9.17, 15) is 0 Å². The van der Waals surface area contributed by atoms with Gasteiger partial charge in [-0.2, -0.15) is 0 Å². The van der Waals surface area contributed by atoms with Gasteiger partial charge in [0.15, 0.2) is 0 Å². The topological polar surface area (TPSA) is 55.2 Å². The number of nitrogens with zero attached hydrogens (tertiary/aromatic N) is 3. The highest BCUT2D eigenvalue weighted by Crippen LogP contribution is 2.50. The van der Waals surface area contributed by atoms with Crippen molar-refractivity contribution in [3.8, 4) is 83.8 Å². The van der Waals surface area contributed by atoms with Gasteiger partial charge in [-0.3, -0.25) is 0 Å². The van der Waals surface area contributed by atoms with E-state index in [4.69, 9.17) is 10.0 Å². The second-order valence-electron chi connectivity index (χ2n) is 31.1. The van der Waals surface area contributed by atoms with E-state index in [1.54, 1.807) is 6.07 Å². The first-order chi connectivity index (χ1) is 56.9. The van der Waals surface area contributed by atoms with Crippen LogP contribution in [-0.2, 0) is 24.7 Å². The van der Waals surface area contributed by atoms with Crippen molar-refractivity contribution >= 4 is 110 Å². The Bertz CT molecular complexity index is 6970. The summed E-state index contributed by atoms with van der Waals surface area (Å²) in [6, 6.07) is 139. The first kappa shape index (κ1) is 72.1. The maximum Gasteiger partial charge on any atom is 0.488 e. The van der Waals surface area contributed by atoms with E-state index in [-0.39, 0.29) is 5.41 Å². The molecule has 0 bridgehead atoms. The van der Waals surface area contributed by atoms with Crippen molar-refractivity contribution in [1.29, 1.82) is 0 Å². The zero-order valence-electron chi connectivity index (χ0n) is 64.1. The SMILES string of the molecule is Brc1ccc2c3ccccc3n(-c3ccccc3)c2c1.CC1(C)c2ccccc2-c2ccc(Br)cc21.OB(O)c1ccc2c(c1)-c1ccccc1C2.c1ccc(-n2c3ccccc3c3ccc(-c4ccc5c(c4)-c4ccccc4C5)cc32)cc1.c1ccc(-n2c3ccccc3c3ccc(-c4ccc5c(c4)-c4ccccc4C5)cc32)cc1. The van der Waals surface area contributed by atoms with Gasteiger partial charge in [0.05, 0.1) is 33.1 Å². The Morgan fingerprint density at radius 3 is 1.00 bits per heavy atom. The number of rotatable bonds is 6. The third-order valence-electron chi connectivity index (χ3n) is 24.0. The van der Waals surface area contributed by atoms with Gasteiger partial charge >= 0.3 is 7.12 Å². The summed E-state index contributed by atoms with van der Waals surface area (Å²) in [7, 11) is -1.39. The van der Waals surface area contributed by atoms with Gasteiger partial charge < -0.3 is 23.7 Å². The summed E-state index contributed by atoms with van der Waals surface area (Å²) in [6.45, 7) is 4.59. The Balaban J connectivity index is 0.0000000967. The molecule has 0 aliphatic heterocycles. The third kappa shape index (κ3) is 13.0. The summed E-state index contributed by atoms with van der Waals surface area (Å²) >= 11 is 7.14. The fourth-order valence-electron chi connectivity index (χ4n) is 18.4. The van der Waals surface area contributed by atoms with Crippen LogP contribution in [0.1, 0.15) is 58.4 Å². The van der Waals surface area contributed by atoms with Gasteiger partial charge in [0.2, 0.25) is 0 Å². The minimum atomic E-state index is -1.39. The molecular formula is C108H78BBr2N3O2. The number of benzene rings is 17. The van der Waals surface area contributed by atoms with Gasteiger partial charge in [-0.05, 0) is 239 Å². The Morgan fingerprint density at radius 1 is 0.241 bits per heavy atom. The van der Waals surface area contributed by atoms with E-state index >= 15 is 0 Å². The van der Waals surface area contributed by atoms with Gasteiger partial charge in [0, 0.05) is 63.7 Å². The predicted octanol–water partition coefficient (Wildman–Crippen LogP) is 27.3. The number of halogens is 2. The van der Waals surface area contributed by atoms with Crippen LogP contribution in [0, 0.1) is 0 Å². The zero-order chi connectivity index (χ0) is 78.1. The second kappa shape index (κ2) is 30.1. The molecule has 8 heteroatoms. The largest absolute Gasteiger partial charge is 0.488 e. The Labute approximate surface area is 692 Å². The van der Waals surface area contributed by atoms with Crippen molar-refractivity contribution in [3.05, 3.63) is 442 Å². The molecule has 2 N–H and O–H groups in total. The fraction of sp³-hybridized carbons (Fsp3) is 0.0556. The molecule has 4 aliphatic carbocycles. The summed E-state index contributed by atoms with van der Waals surface area (Å²) in [5, 5.41) is 26.1. The van der Waals surface area contributed by atoms with Crippen LogP contribution in [0.2, 0.25) is 0 Å². The number of fused-ring (bicyclic) bond motifs is 21. The van der Waals surface area contributed by atoms with E-state index in [1.807, 2.05) is 30.3 Å². The maximum atomic E-state index is 9.16. The molecule has 0 radical (unpaired) electrons. The summed E-state index contributed by atoms with van der Waals surface area (Å²) in [6.07, 6.45) is 3.01. The highest BCUT2D eigenvalue weighted by Gasteiger charge is 2.35. The first-order valence-electron chi connectivity index (χ1n) is 39.8. The summed E-state index contributed by atoms with van der Waals surface area (Å²) in [5.74, 6) is 0. The second-order valence-corrected chi connectivity index (χ2v) is 32.9. The van der Waals surface area contributed by atoms with Crippen molar-refractivity contribution in [2.24, 2.45) is 0 Å². The van der Waals surface area contributed by atoms with Crippen LogP contribution in [0.4, 0.5) is 0 Å². The minimum Gasteiger partial charge on any atom is -0.423 e. The number of aromatic nitrogens is 3. The lowest BCUT2D eigenvalue weighted by Crippen LogP contribution is -2.29. The third-order valence-corrected chi connectivity index (χ3v) is 24.9. The molecule has 17 aromatic carbocycles. The smallest absolute Gasteiger partial charge is 0.423 e. The number of hydrogen-bond acceptors (Lipinski definition) is 2. The van der Waals surface area contributed by atoms with Gasteiger partial charge in [-0.1, -0.05) is 331 Å². The van der Waals surface area contributed by atoms with E-state index in [1.165, 1.54) is 188 Å². The van der Waals surface area contributed by atoms with Gasteiger partial charge in [-0.25, -0.2) is 0 Å². The first-order valence-corrected chi connectivity index (χ1v) is 41.3. The van der Waals surface area contributed by atoms with Crippen LogP contribution in [0.25, 0.3) is 149 Å². The molecule has 5 nitrogen and oxygen atoms in total. The molecule has 20 aromatic rings. The van der Waals surface area contributed by atoms with Crippen LogP contribution >= 0.6 is 31.9 Å². The molecule has 0 saturated carbocycles. The average Bonchev–Trinajstić information content (AvgIpc) is 1.60. The molecule has 554 valence electrons. The Hall–Kier alpha value is -12.9. The molecule has 24 rings (SSSR count). The van der Waals surface area contributed by atoms with Gasteiger partial charge in [0.25, 0.3) is 0 Å². The minimum absolute atomic E-state index is 0.121. The summed E-state index contributed by atoms with van der Waals surface area (Å²) in [5.41, 5.74) is 38.5. The molecule has 3 heterocycles. The quantitative estimate of drug-likeness (QED) is 0.163. The highest BCUT2D eigenvalue weighted by molar-refractivity contribution is 9.10. The fourth-order valence-corrected chi connectivity index (χ4v) is 19.1. The average molecular weight is 1620 g/mol. The summed E-state index contributed by atoms with van der Waals surface area (Å²) < 4.78 is 9.35. The molecule has 0 fully saturated rings. The maximum absolute atomic E-state index is 9.16. The zero-order valence-corrected chi connectivity index (χ0v) is 67.3. The van der Waals surface area contributed by atoms with E-state index in [0.717, 1.165) is 33.8 Å². The number of hydrogen-bond donors (Lipinski definition) is 2. The molecule has 0 amide bonds. The summed E-state index contributed by atoms with van der Waals surface area (Å²) in [4.78, 5) is 0. The van der Waals surface area contributed by atoms with Gasteiger partial charge in [-0.15, -0.1) is 0 Å². The van der Waals surface area contributed by atoms with Crippen molar-refractivity contribution in [1.82, 2.24) is 13.7 Å². The molecule has 0 spiro atoms. The Kier molecular flexibility index (Phi) is 18.7. The lowest BCUT2D eigenvalue weighted by atomic mass is 9.79. The Morgan fingerprint density at radius 2 is 0.552 bits per heavy atom. The monoisotopic (exact) mass is 1620 g/mol. The molecule has 116 heavy (non-hydrogen) atoms. The number of para-hydroxylation sites is 6. The van der Waals surface area contributed by atoms with Crippen molar-refractivity contribution in [2.75, 3.05) is 0 Å². The van der Waals surface area contributed by atoms with E-state index in [0.29, 0.717) is 5.46 Å². The van der Waals surface area contributed by atoms with Crippen LogP contribution in [-0.4, -0.2) is 30.9 Å². The molecule has 0 unspecified atom stereocenters. The normalized spacial score (nSPS) is 12.5. The highest BCUT2D eigenvalue weighted by atomic mass is 79.9. The van der Waals surface area contributed by atoms with Crippen LogP contribution in [0.3, 0.4) is 0 Å². The van der Waals surface area contributed by atoms with Crippen molar-refractivity contribution in [3.63, 3.8) is 0 Å². The van der Waals surface area contributed by atoms with Crippen LogP contribution in [0.5, 0.6) is 0 Å². The van der Waals surface area contributed by atoms with Crippen molar-refractivity contribution < 1.29 is 10.0 Å². The molecule has 3 aromatic heterocycles. The molecule has 0 atom stereocenters. The molecule has 4 aliphatic rings. The van der Waals surface area contributed by atoms with E-state index < -0.39 is 7.12 Å². The van der Waals surface area contributed by atoms with Gasteiger partial charge in [0.1, 0.15) is 0 Å². The lowest BCUT2D eigenvalue weighted by molar-refractivity contribution is 0.426. The predicted molar refractivity (Wildman–Crippen MR) is 494 cm³/mol. The lowest BCUT2D eigenvalue weighted by Gasteiger charge is -2.21. The van der Waals surface area contributed by atoms with Crippen molar-refractivity contribution in [2.45, 2.75) is 38.5 Å². The van der Waals surface area contributed by atoms with E-state index in [2.05, 4.69) is 411 Å². The molecule has 0 saturated heterocycles.